The van der Waals surface area contributed by atoms with Crippen LogP contribution in [0.25, 0.3) is 55.3 Å². The fraction of sp³-hybridized carbons (Fsp3) is 0.0182. The Hall–Kier alpha value is -7.13. The summed E-state index contributed by atoms with van der Waals surface area (Å²) in [6.45, 7) is 0. The van der Waals surface area contributed by atoms with Crippen LogP contribution in [0.4, 0.5) is 17.1 Å². The summed E-state index contributed by atoms with van der Waals surface area (Å²) >= 11 is 7.41. The van der Waals surface area contributed by atoms with Gasteiger partial charge in [-0.1, -0.05) is 169 Å². The second-order valence-corrected chi connectivity index (χ2v) is 15.4. The molecule has 0 aliphatic heterocycles. The maximum atomic E-state index is 7.41. The van der Waals surface area contributed by atoms with Gasteiger partial charge in [-0.2, -0.15) is 0 Å². The molecule has 0 N–H and O–H groups in total. The maximum absolute atomic E-state index is 7.41. The Bertz CT molecular complexity index is 3060. The summed E-state index contributed by atoms with van der Waals surface area (Å²) in [7, 11) is 0. The molecule has 1 heterocycles. The Morgan fingerprint density at radius 1 is 0.379 bits per heavy atom. The molecule has 1 aromatic heterocycles. The Morgan fingerprint density at radius 2 is 0.897 bits per heavy atom. The lowest BCUT2D eigenvalue weighted by Gasteiger charge is -2.34. The molecule has 9 aromatic carbocycles. The third kappa shape index (κ3) is 5.41. The summed E-state index contributed by atoms with van der Waals surface area (Å²) in [5.41, 5.74) is 16.0. The lowest BCUT2D eigenvalue weighted by atomic mass is 9.67. The summed E-state index contributed by atoms with van der Waals surface area (Å²) in [6, 6.07) is 77.8. The first-order valence-electron chi connectivity index (χ1n) is 19.7. The van der Waals surface area contributed by atoms with Crippen molar-refractivity contribution < 1.29 is 4.42 Å². The molecule has 10 aromatic rings. The third-order valence-corrected chi connectivity index (χ3v) is 12.1. The van der Waals surface area contributed by atoms with Gasteiger partial charge in [-0.15, -0.1) is 0 Å². The highest BCUT2D eigenvalue weighted by Gasteiger charge is 2.47. The van der Waals surface area contributed by atoms with Gasteiger partial charge in [0, 0.05) is 44.5 Å². The van der Waals surface area contributed by atoms with Gasteiger partial charge in [0.15, 0.2) is 0 Å². The molecule has 274 valence electrons. The van der Waals surface area contributed by atoms with Crippen LogP contribution in [0.1, 0.15) is 22.3 Å². The molecule has 0 amide bonds. The van der Waals surface area contributed by atoms with E-state index >= 15 is 0 Å². The van der Waals surface area contributed by atoms with Crippen molar-refractivity contribution in [3.8, 4) is 33.4 Å². The Morgan fingerprint density at radius 3 is 1.57 bits per heavy atom. The maximum Gasteiger partial charge on any atom is 0.137 e. The van der Waals surface area contributed by atoms with E-state index in [9.17, 15) is 0 Å². The van der Waals surface area contributed by atoms with Gasteiger partial charge in [-0.25, -0.2) is 0 Å². The van der Waals surface area contributed by atoms with Crippen molar-refractivity contribution in [1.82, 2.24) is 0 Å². The number of fused-ring (bicyclic) bond motifs is 6. The van der Waals surface area contributed by atoms with E-state index in [2.05, 4.69) is 211 Å². The van der Waals surface area contributed by atoms with E-state index in [4.69, 9.17) is 16.0 Å². The molecule has 0 bridgehead atoms. The van der Waals surface area contributed by atoms with Crippen molar-refractivity contribution in [3.63, 3.8) is 0 Å². The fourth-order valence-electron chi connectivity index (χ4n) is 9.22. The van der Waals surface area contributed by atoms with Crippen LogP contribution in [0, 0.1) is 0 Å². The quantitative estimate of drug-likeness (QED) is 0.161. The Labute approximate surface area is 342 Å². The topological polar surface area (TPSA) is 16.4 Å². The minimum Gasteiger partial charge on any atom is -0.456 e. The summed E-state index contributed by atoms with van der Waals surface area (Å²) in [5.74, 6) is 0. The van der Waals surface area contributed by atoms with Crippen molar-refractivity contribution in [2.45, 2.75) is 5.41 Å². The van der Waals surface area contributed by atoms with E-state index in [0.717, 1.165) is 60.7 Å². The minimum atomic E-state index is -0.536. The first-order chi connectivity index (χ1) is 28.7. The highest BCUT2D eigenvalue weighted by atomic mass is 35.5. The van der Waals surface area contributed by atoms with Gasteiger partial charge in [0.2, 0.25) is 0 Å². The minimum absolute atomic E-state index is 0.536. The largest absolute Gasteiger partial charge is 0.456 e. The Kier molecular flexibility index (Phi) is 8.13. The number of hydrogen-bond donors (Lipinski definition) is 0. The van der Waals surface area contributed by atoms with Crippen LogP contribution >= 0.6 is 11.6 Å². The predicted octanol–water partition coefficient (Wildman–Crippen LogP) is 15.4. The van der Waals surface area contributed by atoms with Crippen molar-refractivity contribution in [2.24, 2.45) is 0 Å². The highest BCUT2D eigenvalue weighted by molar-refractivity contribution is 6.34. The molecule has 1 aliphatic rings. The smallest absolute Gasteiger partial charge is 0.137 e. The second kappa shape index (κ2) is 13.8. The van der Waals surface area contributed by atoms with Gasteiger partial charge in [-0.3, -0.25) is 0 Å². The van der Waals surface area contributed by atoms with Crippen LogP contribution in [0.15, 0.2) is 223 Å². The van der Waals surface area contributed by atoms with Crippen molar-refractivity contribution in [1.29, 1.82) is 0 Å². The zero-order valence-corrected chi connectivity index (χ0v) is 32.3. The number of para-hydroxylation sites is 1. The van der Waals surface area contributed by atoms with E-state index < -0.39 is 5.41 Å². The lowest BCUT2D eigenvalue weighted by molar-refractivity contribution is 0.669. The average Bonchev–Trinajstić information content (AvgIpc) is 3.82. The second-order valence-electron chi connectivity index (χ2n) is 15.0. The highest BCUT2D eigenvalue weighted by Crippen LogP contribution is 2.58. The third-order valence-electron chi connectivity index (χ3n) is 11.8. The molecule has 58 heavy (non-hydrogen) atoms. The van der Waals surface area contributed by atoms with Gasteiger partial charge in [0.1, 0.15) is 11.2 Å². The zero-order chi connectivity index (χ0) is 38.6. The number of benzene rings is 9. The molecule has 1 aliphatic carbocycles. The fourth-order valence-corrected chi connectivity index (χ4v) is 9.54. The van der Waals surface area contributed by atoms with E-state index in [-0.39, 0.29) is 0 Å². The van der Waals surface area contributed by atoms with E-state index in [0.29, 0.717) is 0 Å². The predicted molar refractivity (Wildman–Crippen MR) is 242 cm³/mol. The van der Waals surface area contributed by atoms with Crippen LogP contribution < -0.4 is 4.90 Å². The summed E-state index contributed by atoms with van der Waals surface area (Å²) in [5, 5.41) is 2.97. The molecule has 0 spiro atoms. The standard InChI is InChI=1S/C55H36ClNO/c56-51-35-40(34-50-54(51)48-21-10-12-22-49(48)55(50,41-16-6-2-7-17-41)42-18-8-3-9-19-42)39-26-30-44(31-27-39)57(43-28-24-38(25-29-43)37-14-4-1-5-15-37)45-32-33-47-46-20-11-13-23-52(46)58-53(47)36-45/h1-36H. The SMILES string of the molecule is Clc1cc(-c2ccc(N(c3ccc(-c4ccccc4)cc3)c3ccc4c(c3)oc3ccccc34)cc2)cc2c1-c1ccccc1C2(c1ccccc1)c1ccccc1. The molecule has 11 rings (SSSR count). The van der Waals surface area contributed by atoms with Crippen molar-refractivity contribution in [3.05, 3.63) is 246 Å². The van der Waals surface area contributed by atoms with Gasteiger partial charge >= 0.3 is 0 Å². The summed E-state index contributed by atoms with van der Waals surface area (Å²) < 4.78 is 6.38. The van der Waals surface area contributed by atoms with E-state index in [1.807, 2.05) is 12.1 Å². The van der Waals surface area contributed by atoms with Crippen LogP contribution in [0.5, 0.6) is 0 Å². The molecule has 0 saturated carbocycles. The normalized spacial score (nSPS) is 12.7. The number of nitrogens with zero attached hydrogens (tertiary/aromatic N) is 1. The average molecular weight is 762 g/mol. The van der Waals surface area contributed by atoms with Crippen LogP contribution in [0.3, 0.4) is 0 Å². The number of rotatable bonds is 7. The van der Waals surface area contributed by atoms with Crippen molar-refractivity contribution >= 4 is 50.6 Å². The first kappa shape index (κ1) is 34.1. The van der Waals surface area contributed by atoms with Crippen LogP contribution in [-0.4, -0.2) is 0 Å². The molecule has 3 heteroatoms. The van der Waals surface area contributed by atoms with Crippen LogP contribution in [0.2, 0.25) is 5.02 Å². The number of anilines is 3. The molecule has 0 unspecified atom stereocenters. The van der Waals surface area contributed by atoms with Gasteiger partial charge in [-0.05, 0) is 105 Å². The molecule has 0 atom stereocenters. The number of halogens is 1. The Balaban J connectivity index is 1.05. The summed E-state index contributed by atoms with van der Waals surface area (Å²) in [6.07, 6.45) is 0. The number of furan rings is 1. The molecular weight excluding hydrogens is 726 g/mol. The van der Waals surface area contributed by atoms with Gasteiger partial charge in [0.05, 0.1) is 5.41 Å². The van der Waals surface area contributed by atoms with Gasteiger partial charge in [0.25, 0.3) is 0 Å². The molecule has 0 fully saturated rings. The zero-order valence-electron chi connectivity index (χ0n) is 31.5. The van der Waals surface area contributed by atoms with E-state index in [1.165, 1.54) is 38.9 Å². The van der Waals surface area contributed by atoms with E-state index in [1.54, 1.807) is 0 Å². The van der Waals surface area contributed by atoms with Crippen molar-refractivity contribution in [2.75, 3.05) is 4.90 Å². The first-order valence-corrected chi connectivity index (χ1v) is 20.1. The van der Waals surface area contributed by atoms with Crippen LogP contribution in [-0.2, 0) is 5.41 Å². The molecule has 2 nitrogen and oxygen atoms in total. The lowest BCUT2D eigenvalue weighted by Crippen LogP contribution is -2.28. The monoisotopic (exact) mass is 761 g/mol. The molecule has 0 saturated heterocycles. The van der Waals surface area contributed by atoms with Gasteiger partial charge < -0.3 is 9.32 Å². The number of hydrogen-bond acceptors (Lipinski definition) is 2. The molecule has 0 radical (unpaired) electrons. The molecular formula is C55H36ClNO. The summed E-state index contributed by atoms with van der Waals surface area (Å²) in [4.78, 5) is 2.30.